The van der Waals surface area contributed by atoms with Crippen LogP contribution in [-0.4, -0.2) is 43.0 Å². The number of H-pyrrole nitrogens is 1. The number of anilines is 1. The fourth-order valence-electron chi connectivity index (χ4n) is 2.72. The van der Waals surface area contributed by atoms with E-state index in [1.165, 1.54) is 12.8 Å². The fraction of sp³-hybridized carbons (Fsp3) is 0.385. The lowest BCUT2D eigenvalue weighted by Gasteiger charge is -2.15. The monoisotopic (exact) mass is 269 g/mol. The highest BCUT2D eigenvalue weighted by atomic mass is 15.4. The molecular formula is C13H15N7. The summed E-state index contributed by atoms with van der Waals surface area (Å²) in [6.45, 7) is 2.12. The standard InChI is InChI=1S/C13H15N7/c1-19-12(17-18-13(19)20-4-2-3-5-20)10-6-9-8-15-16-11(9)14-7-10/h6-8H,2-5H2,1H3,(H,14,15,16). The van der Waals surface area contributed by atoms with Crippen LogP contribution in [0.1, 0.15) is 12.8 Å². The largest absolute Gasteiger partial charge is 0.341 e. The number of nitrogens with one attached hydrogen (secondary N) is 1. The minimum Gasteiger partial charge on any atom is -0.341 e. The molecule has 0 aromatic carbocycles. The van der Waals surface area contributed by atoms with Crippen molar-refractivity contribution in [3.63, 3.8) is 0 Å². The molecule has 3 aromatic heterocycles. The molecule has 102 valence electrons. The van der Waals surface area contributed by atoms with E-state index in [1.807, 2.05) is 17.7 Å². The van der Waals surface area contributed by atoms with E-state index >= 15 is 0 Å². The van der Waals surface area contributed by atoms with E-state index in [0.29, 0.717) is 0 Å². The third-order valence-electron chi connectivity index (χ3n) is 3.79. The lowest BCUT2D eigenvalue weighted by atomic mass is 10.2. The van der Waals surface area contributed by atoms with E-state index in [-0.39, 0.29) is 0 Å². The second kappa shape index (κ2) is 4.29. The van der Waals surface area contributed by atoms with Crippen LogP contribution >= 0.6 is 0 Å². The molecule has 0 atom stereocenters. The number of aromatic amines is 1. The molecule has 20 heavy (non-hydrogen) atoms. The average Bonchev–Trinajstić information content (AvgIpc) is 3.17. The van der Waals surface area contributed by atoms with Crippen molar-refractivity contribution in [1.29, 1.82) is 0 Å². The maximum atomic E-state index is 4.35. The normalized spacial score (nSPS) is 15.3. The number of pyridine rings is 1. The lowest BCUT2D eigenvalue weighted by Crippen LogP contribution is -2.21. The third-order valence-corrected chi connectivity index (χ3v) is 3.79. The molecule has 7 heteroatoms. The quantitative estimate of drug-likeness (QED) is 0.760. The number of hydrogen-bond donors (Lipinski definition) is 1. The van der Waals surface area contributed by atoms with Crippen LogP contribution in [0.15, 0.2) is 18.5 Å². The van der Waals surface area contributed by atoms with E-state index < -0.39 is 0 Å². The van der Waals surface area contributed by atoms with Gasteiger partial charge in [-0.3, -0.25) is 9.67 Å². The summed E-state index contributed by atoms with van der Waals surface area (Å²) in [5, 5.41) is 16.5. The van der Waals surface area contributed by atoms with Crippen molar-refractivity contribution >= 4 is 17.0 Å². The molecule has 0 radical (unpaired) electrons. The topological polar surface area (TPSA) is 75.5 Å². The van der Waals surface area contributed by atoms with E-state index in [0.717, 1.165) is 41.5 Å². The Morgan fingerprint density at radius 2 is 2.00 bits per heavy atom. The number of fused-ring (bicyclic) bond motifs is 1. The SMILES string of the molecule is Cn1c(-c2cnc3[nH]ncc3c2)nnc1N1CCCC1. The van der Waals surface area contributed by atoms with Gasteiger partial charge < -0.3 is 4.90 Å². The highest BCUT2D eigenvalue weighted by molar-refractivity contribution is 5.78. The Morgan fingerprint density at radius 3 is 2.85 bits per heavy atom. The fourth-order valence-corrected chi connectivity index (χ4v) is 2.72. The minimum absolute atomic E-state index is 0.788. The van der Waals surface area contributed by atoms with Crippen LogP contribution in [0.5, 0.6) is 0 Å². The van der Waals surface area contributed by atoms with Gasteiger partial charge in [0.25, 0.3) is 0 Å². The molecule has 1 saturated heterocycles. The molecule has 0 aliphatic carbocycles. The first-order valence-corrected chi connectivity index (χ1v) is 6.77. The molecule has 1 N–H and O–H groups in total. The Labute approximate surface area is 115 Å². The van der Waals surface area contributed by atoms with E-state index in [9.17, 15) is 0 Å². The van der Waals surface area contributed by atoms with Crippen LogP contribution in [0.4, 0.5) is 5.95 Å². The van der Waals surface area contributed by atoms with Crippen LogP contribution in [0.3, 0.4) is 0 Å². The van der Waals surface area contributed by atoms with E-state index in [1.54, 1.807) is 12.4 Å². The molecular weight excluding hydrogens is 254 g/mol. The first-order chi connectivity index (χ1) is 9.83. The van der Waals surface area contributed by atoms with Gasteiger partial charge in [0.05, 0.1) is 6.20 Å². The minimum atomic E-state index is 0.788. The predicted octanol–water partition coefficient (Wildman–Crippen LogP) is 1.35. The molecule has 1 aliphatic rings. The molecule has 1 aliphatic heterocycles. The summed E-state index contributed by atoms with van der Waals surface area (Å²) in [4.78, 5) is 6.63. The first kappa shape index (κ1) is 11.4. The van der Waals surface area contributed by atoms with Crippen LogP contribution in [0, 0.1) is 0 Å². The van der Waals surface area contributed by atoms with Crippen LogP contribution in [0.2, 0.25) is 0 Å². The molecule has 0 bridgehead atoms. The number of aromatic nitrogens is 6. The number of nitrogens with zero attached hydrogens (tertiary/aromatic N) is 6. The molecule has 0 saturated carbocycles. The molecule has 3 aromatic rings. The molecule has 4 heterocycles. The van der Waals surface area contributed by atoms with Gasteiger partial charge in [-0.2, -0.15) is 5.10 Å². The van der Waals surface area contributed by atoms with Gasteiger partial charge in [-0.15, -0.1) is 10.2 Å². The van der Waals surface area contributed by atoms with Gasteiger partial charge in [0.1, 0.15) is 0 Å². The van der Waals surface area contributed by atoms with Gasteiger partial charge in [-0.05, 0) is 18.9 Å². The smallest absolute Gasteiger partial charge is 0.227 e. The van der Waals surface area contributed by atoms with Crippen LogP contribution in [-0.2, 0) is 7.05 Å². The van der Waals surface area contributed by atoms with Gasteiger partial charge in [0.2, 0.25) is 5.95 Å². The second-order valence-corrected chi connectivity index (χ2v) is 5.11. The molecule has 0 spiro atoms. The molecule has 7 nitrogen and oxygen atoms in total. The lowest BCUT2D eigenvalue weighted by molar-refractivity contribution is 0.825. The maximum Gasteiger partial charge on any atom is 0.227 e. The van der Waals surface area contributed by atoms with Gasteiger partial charge in [-0.1, -0.05) is 0 Å². The number of rotatable bonds is 2. The zero-order valence-corrected chi connectivity index (χ0v) is 11.2. The third kappa shape index (κ3) is 1.66. The Hall–Kier alpha value is -2.44. The Balaban J connectivity index is 1.77. The van der Waals surface area contributed by atoms with Crippen LogP contribution < -0.4 is 4.90 Å². The van der Waals surface area contributed by atoms with Crippen molar-refractivity contribution in [1.82, 2.24) is 29.9 Å². The number of hydrogen-bond acceptors (Lipinski definition) is 5. The summed E-state index contributed by atoms with van der Waals surface area (Å²) >= 11 is 0. The summed E-state index contributed by atoms with van der Waals surface area (Å²) in [5.41, 5.74) is 1.75. The Bertz CT molecular complexity index is 751. The van der Waals surface area contributed by atoms with Gasteiger partial charge in [0, 0.05) is 37.3 Å². The summed E-state index contributed by atoms with van der Waals surface area (Å²) in [6.07, 6.45) is 6.03. The van der Waals surface area contributed by atoms with Crippen LogP contribution in [0.25, 0.3) is 22.4 Å². The van der Waals surface area contributed by atoms with Gasteiger partial charge >= 0.3 is 0 Å². The van der Waals surface area contributed by atoms with Gasteiger partial charge in [-0.25, -0.2) is 4.98 Å². The zero-order chi connectivity index (χ0) is 13.5. The summed E-state index contributed by atoms with van der Waals surface area (Å²) in [6, 6.07) is 2.03. The first-order valence-electron chi connectivity index (χ1n) is 6.77. The van der Waals surface area contributed by atoms with Crippen molar-refractivity contribution in [3.05, 3.63) is 18.5 Å². The Morgan fingerprint density at radius 1 is 1.15 bits per heavy atom. The van der Waals surface area contributed by atoms with Gasteiger partial charge in [0.15, 0.2) is 11.5 Å². The Kier molecular flexibility index (Phi) is 2.45. The van der Waals surface area contributed by atoms with Crippen molar-refractivity contribution < 1.29 is 0 Å². The summed E-state index contributed by atoms with van der Waals surface area (Å²) in [5.74, 6) is 1.77. The zero-order valence-electron chi connectivity index (χ0n) is 11.2. The molecule has 1 fully saturated rings. The highest BCUT2D eigenvalue weighted by Gasteiger charge is 2.20. The van der Waals surface area contributed by atoms with E-state index in [4.69, 9.17) is 0 Å². The highest BCUT2D eigenvalue weighted by Crippen LogP contribution is 2.24. The predicted molar refractivity (Wildman–Crippen MR) is 75.3 cm³/mol. The van der Waals surface area contributed by atoms with Crippen molar-refractivity contribution in [2.45, 2.75) is 12.8 Å². The summed E-state index contributed by atoms with van der Waals surface area (Å²) < 4.78 is 2.04. The maximum absolute atomic E-state index is 4.35. The molecule has 0 unspecified atom stereocenters. The average molecular weight is 269 g/mol. The van der Waals surface area contributed by atoms with Crippen molar-refractivity contribution in [2.75, 3.05) is 18.0 Å². The molecule has 0 amide bonds. The van der Waals surface area contributed by atoms with E-state index in [2.05, 4.69) is 30.3 Å². The molecule has 4 rings (SSSR count). The van der Waals surface area contributed by atoms with Crippen molar-refractivity contribution in [2.24, 2.45) is 7.05 Å². The van der Waals surface area contributed by atoms with Crippen molar-refractivity contribution in [3.8, 4) is 11.4 Å². The second-order valence-electron chi connectivity index (χ2n) is 5.11. The summed E-state index contributed by atoms with van der Waals surface area (Å²) in [7, 11) is 2.00.